The van der Waals surface area contributed by atoms with Gasteiger partial charge in [0.05, 0.1) is 4.92 Å². The summed E-state index contributed by atoms with van der Waals surface area (Å²) in [5.41, 5.74) is 1.11. The van der Waals surface area contributed by atoms with Gasteiger partial charge in [0.15, 0.2) is 0 Å². The number of hydrogen-bond donors (Lipinski definition) is 1. The van der Waals surface area contributed by atoms with Gasteiger partial charge in [-0.3, -0.25) is 10.1 Å². The third kappa shape index (κ3) is 4.54. The SMILES string of the molecule is CN(Cc1cc(Br)cc([N+](=O)[O-])c1)CC1CCCNC1. The number of non-ortho nitro benzene ring substituents is 1. The maximum absolute atomic E-state index is 10.9. The first-order valence-corrected chi connectivity index (χ1v) is 7.67. The summed E-state index contributed by atoms with van der Waals surface area (Å²) < 4.78 is 0.759. The van der Waals surface area contributed by atoms with Gasteiger partial charge in [-0.15, -0.1) is 0 Å². The van der Waals surface area contributed by atoms with Crippen LogP contribution in [-0.4, -0.2) is 36.5 Å². The Labute approximate surface area is 127 Å². The molecule has 1 N–H and O–H groups in total. The fraction of sp³-hybridized carbons (Fsp3) is 0.571. The van der Waals surface area contributed by atoms with E-state index in [4.69, 9.17) is 0 Å². The Morgan fingerprint density at radius 1 is 1.50 bits per heavy atom. The average Bonchev–Trinajstić information content (AvgIpc) is 2.38. The summed E-state index contributed by atoms with van der Waals surface area (Å²) in [6.45, 7) is 3.95. The molecule has 1 atom stereocenters. The van der Waals surface area contributed by atoms with Gasteiger partial charge in [-0.05, 0) is 50.5 Å². The molecular weight excluding hydrogens is 322 g/mol. The van der Waals surface area contributed by atoms with Crippen LogP contribution in [0.25, 0.3) is 0 Å². The second-order valence-electron chi connectivity index (χ2n) is 5.48. The van der Waals surface area contributed by atoms with Crippen molar-refractivity contribution in [2.24, 2.45) is 5.92 Å². The van der Waals surface area contributed by atoms with E-state index in [1.807, 2.05) is 6.07 Å². The molecule has 0 spiro atoms. The van der Waals surface area contributed by atoms with Crippen molar-refractivity contribution in [3.63, 3.8) is 0 Å². The van der Waals surface area contributed by atoms with E-state index in [1.54, 1.807) is 6.07 Å². The van der Waals surface area contributed by atoms with Crippen LogP contribution in [0.15, 0.2) is 22.7 Å². The van der Waals surface area contributed by atoms with E-state index >= 15 is 0 Å². The van der Waals surface area contributed by atoms with E-state index in [9.17, 15) is 10.1 Å². The van der Waals surface area contributed by atoms with Crippen LogP contribution in [0.5, 0.6) is 0 Å². The van der Waals surface area contributed by atoms with Gasteiger partial charge in [0.2, 0.25) is 0 Å². The van der Waals surface area contributed by atoms with Crippen LogP contribution in [0.2, 0.25) is 0 Å². The largest absolute Gasteiger partial charge is 0.316 e. The topological polar surface area (TPSA) is 58.4 Å². The van der Waals surface area contributed by atoms with E-state index in [-0.39, 0.29) is 10.6 Å². The zero-order valence-electron chi connectivity index (χ0n) is 11.6. The number of nitrogens with one attached hydrogen (secondary N) is 1. The minimum absolute atomic E-state index is 0.141. The molecule has 20 heavy (non-hydrogen) atoms. The van der Waals surface area contributed by atoms with Crippen molar-refractivity contribution < 1.29 is 4.92 Å². The lowest BCUT2D eigenvalue weighted by molar-refractivity contribution is -0.385. The van der Waals surface area contributed by atoms with Crippen molar-refractivity contribution in [3.8, 4) is 0 Å². The molecule has 0 bridgehead atoms. The van der Waals surface area contributed by atoms with Crippen LogP contribution < -0.4 is 5.32 Å². The number of nitrogens with zero attached hydrogens (tertiary/aromatic N) is 2. The van der Waals surface area contributed by atoms with Gasteiger partial charge >= 0.3 is 0 Å². The molecule has 110 valence electrons. The monoisotopic (exact) mass is 341 g/mol. The van der Waals surface area contributed by atoms with E-state index < -0.39 is 0 Å². The molecule has 0 aromatic heterocycles. The van der Waals surface area contributed by atoms with Crippen LogP contribution in [0.3, 0.4) is 0 Å². The van der Waals surface area contributed by atoms with Gasteiger partial charge in [0.1, 0.15) is 0 Å². The predicted molar refractivity (Wildman–Crippen MR) is 82.7 cm³/mol. The standard InChI is InChI=1S/C14H20BrN3O2/c1-17(9-11-3-2-4-16-8-11)10-12-5-13(15)7-14(6-12)18(19)20/h5-7,11,16H,2-4,8-10H2,1H3. The highest BCUT2D eigenvalue weighted by Gasteiger charge is 2.16. The first kappa shape index (κ1) is 15.4. The Bertz CT molecular complexity index is 475. The third-order valence-electron chi connectivity index (χ3n) is 3.57. The molecule has 0 amide bonds. The fourth-order valence-electron chi connectivity index (χ4n) is 2.73. The summed E-state index contributed by atoms with van der Waals surface area (Å²) >= 11 is 3.34. The molecule has 0 radical (unpaired) electrons. The third-order valence-corrected chi connectivity index (χ3v) is 4.03. The van der Waals surface area contributed by atoms with Gasteiger partial charge in [-0.2, -0.15) is 0 Å². The van der Waals surface area contributed by atoms with E-state index in [1.165, 1.54) is 18.9 Å². The highest BCUT2D eigenvalue weighted by Crippen LogP contribution is 2.22. The summed E-state index contributed by atoms with van der Waals surface area (Å²) in [4.78, 5) is 12.8. The summed E-state index contributed by atoms with van der Waals surface area (Å²) in [5.74, 6) is 0.677. The molecule has 0 saturated carbocycles. The number of hydrogen-bond acceptors (Lipinski definition) is 4. The van der Waals surface area contributed by atoms with Crippen LogP contribution in [0.1, 0.15) is 18.4 Å². The zero-order valence-corrected chi connectivity index (χ0v) is 13.2. The number of rotatable bonds is 5. The fourth-order valence-corrected chi connectivity index (χ4v) is 3.26. The Balaban J connectivity index is 1.96. The molecule has 5 nitrogen and oxygen atoms in total. The Kier molecular flexibility index (Phi) is 5.51. The summed E-state index contributed by atoms with van der Waals surface area (Å²) in [5, 5.41) is 14.3. The zero-order chi connectivity index (χ0) is 14.5. The van der Waals surface area contributed by atoms with Gasteiger partial charge in [0, 0.05) is 29.7 Å². The molecule has 2 rings (SSSR count). The molecule has 1 aromatic rings. The van der Waals surface area contributed by atoms with Crippen molar-refractivity contribution in [1.82, 2.24) is 10.2 Å². The molecule has 1 fully saturated rings. The van der Waals surface area contributed by atoms with E-state index in [0.29, 0.717) is 5.92 Å². The summed E-state index contributed by atoms with van der Waals surface area (Å²) in [6.07, 6.45) is 2.50. The summed E-state index contributed by atoms with van der Waals surface area (Å²) in [7, 11) is 2.07. The highest BCUT2D eigenvalue weighted by molar-refractivity contribution is 9.10. The van der Waals surface area contributed by atoms with Crippen LogP contribution in [0, 0.1) is 16.0 Å². The lowest BCUT2D eigenvalue weighted by Crippen LogP contribution is -2.36. The minimum atomic E-state index is -0.348. The van der Waals surface area contributed by atoms with Crippen molar-refractivity contribution in [1.29, 1.82) is 0 Å². The van der Waals surface area contributed by atoms with Gasteiger partial charge in [-0.25, -0.2) is 0 Å². The molecule has 1 aliphatic rings. The minimum Gasteiger partial charge on any atom is -0.316 e. The first-order valence-electron chi connectivity index (χ1n) is 6.87. The average molecular weight is 342 g/mol. The Morgan fingerprint density at radius 3 is 2.95 bits per heavy atom. The van der Waals surface area contributed by atoms with Crippen molar-refractivity contribution >= 4 is 21.6 Å². The van der Waals surface area contributed by atoms with E-state index in [2.05, 4.69) is 33.2 Å². The van der Waals surface area contributed by atoms with Gasteiger partial charge in [-0.1, -0.05) is 15.9 Å². The first-order chi connectivity index (χ1) is 9.54. The van der Waals surface area contributed by atoms with Crippen molar-refractivity contribution in [2.45, 2.75) is 19.4 Å². The van der Waals surface area contributed by atoms with Gasteiger partial charge in [0.25, 0.3) is 5.69 Å². The molecule has 1 aromatic carbocycles. The van der Waals surface area contributed by atoms with Crippen molar-refractivity contribution in [3.05, 3.63) is 38.3 Å². The second-order valence-corrected chi connectivity index (χ2v) is 6.40. The quantitative estimate of drug-likeness (QED) is 0.660. The highest BCUT2D eigenvalue weighted by atomic mass is 79.9. The second kappa shape index (κ2) is 7.15. The molecule has 6 heteroatoms. The molecule has 1 aliphatic heterocycles. The number of nitro benzene ring substituents is 1. The smallest absolute Gasteiger partial charge is 0.270 e. The molecule has 0 aliphatic carbocycles. The number of piperidine rings is 1. The molecule has 1 heterocycles. The number of benzene rings is 1. The summed E-state index contributed by atoms with van der Waals surface area (Å²) in [6, 6.07) is 5.14. The normalized spacial score (nSPS) is 19.2. The lowest BCUT2D eigenvalue weighted by Gasteiger charge is -2.27. The molecule has 1 saturated heterocycles. The van der Waals surface area contributed by atoms with Crippen LogP contribution in [0.4, 0.5) is 5.69 Å². The number of halogens is 1. The Hall–Kier alpha value is -0.980. The molecule has 1 unspecified atom stereocenters. The lowest BCUT2D eigenvalue weighted by atomic mass is 9.99. The van der Waals surface area contributed by atoms with E-state index in [0.717, 1.165) is 36.2 Å². The maximum Gasteiger partial charge on any atom is 0.270 e. The maximum atomic E-state index is 10.9. The Morgan fingerprint density at radius 2 is 2.30 bits per heavy atom. The number of nitro groups is 1. The van der Waals surface area contributed by atoms with Crippen LogP contribution in [-0.2, 0) is 6.54 Å². The van der Waals surface area contributed by atoms with Crippen LogP contribution >= 0.6 is 15.9 Å². The van der Waals surface area contributed by atoms with Crippen molar-refractivity contribution in [2.75, 3.05) is 26.7 Å². The van der Waals surface area contributed by atoms with Gasteiger partial charge < -0.3 is 10.2 Å². The predicted octanol–water partition coefficient (Wildman–Crippen LogP) is 2.79. The molecular formula is C14H20BrN3O2.